The number of alkyl carbamates (subject to hydrolysis) is 1. The van der Waals surface area contributed by atoms with Gasteiger partial charge in [-0.25, -0.2) is 4.79 Å². The molecule has 1 rings (SSSR count). The molecular weight excluding hydrogens is 329 g/mol. The largest absolute Gasteiger partial charge is 0.445 e. The lowest BCUT2D eigenvalue weighted by Crippen LogP contribution is -2.37. The average molecular weight is 357 g/mol. The number of rotatable bonds is 10. The first-order valence-corrected chi connectivity index (χ1v) is 9.88. The lowest BCUT2D eigenvalue weighted by molar-refractivity contribution is 0.133. The number of nitrogens with one attached hydrogen (secondary N) is 1. The summed E-state index contributed by atoms with van der Waals surface area (Å²) >= 11 is 0. The molecular formula is C17H28NO5P. The smallest absolute Gasteiger partial charge is 0.408 e. The molecule has 1 N–H and O–H groups in total. The molecule has 0 aliphatic heterocycles. The predicted molar refractivity (Wildman–Crippen MR) is 93.9 cm³/mol. The maximum Gasteiger partial charge on any atom is 0.408 e. The van der Waals surface area contributed by atoms with Crippen LogP contribution in [0.3, 0.4) is 0 Å². The van der Waals surface area contributed by atoms with Gasteiger partial charge in [0.1, 0.15) is 12.4 Å². The quantitative estimate of drug-likeness (QED) is 0.622. The van der Waals surface area contributed by atoms with Crippen LogP contribution in [0.1, 0.15) is 39.7 Å². The van der Waals surface area contributed by atoms with Crippen molar-refractivity contribution in [1.82, 2.24) is 5.32 Å². The first-order chi connectivity index (χ1) is 11.4. The third-order valence-corrected chi connectivity index (χ3v) is 5.53. The second-order valence-corrected chi connectivity index (χ2v) is 7.95. The Morgan fingerprint density at radius 1 is 1.12 bits per heavy atom. The van der Waals surface area contributed by atoms with Crippen LogP contribution in [0.15, 0.2) is 30.3 Å². The van der Waals surface area contributed by atoms with Gasteiger partial charge in [0.2, 0.25) is 0 Å². The van der Waals surface area contributed by atoms with E-state index < -0.39 is 19.5 Å². The van der Waals surface area contributed by atoms with Gasteiger partial charge in [-0.15, -0.1) is 0 Å². The van der Waals surface area contributed by atoms with E-state index >= 15 is 0 Å². The molecule has 0 radical (unpaired) electrons. The van der Waals surface area contributed by atoms with Crippen LogP contribution in [0.5, 0.6) is 0 Å². The highest BCUT2D eigenvalue weighted by Gasteiger charge is 2.37. The van der Waals surface area contributed by atoms with Crippen molar-refractivity contribution in [2.45, 2.75) is 46.5 Å². The van der Waals surface area contributed by atoms with Gasteiger partial charge in [-0.2, -0.15) is 0 Å². The topological polar surface area (TPSA) is 73.9 Å². The molecule has 1 aromatic carbocycles. The van der Waals surface area contributed by atoms with Crippen LogP contribution in [0.2, 0.25) is 0 Å². The number of hydrogen-bond donors (Lipinski definition) is 1. The van der Waals surface area contributed by atoms with Gasteiger partial charge in [-0.05, 0) is 31.7 Å². The van der Waals surface area contributed by atoms with Gasteiger partial charge >= 0.3 is 13.7 Å². The molecule has 0 spiro atoms. The van der Waals surface area contributed by atoms with Gasteiger partial charge in [0.15, 0.2) is 0 Å². The molecule has 24 heavy (non-hydrogen) atoms. The number of carbonyl (C=O) groups excluding carboxylic acids is 1. The van der Waals surface area contributed by atoms with Crippen LogP contribution in [-0.2, 0) is 25.0 Å². The Morgan fingerprint density at radius 3 is 2.21 bits per heavy atom. The van der Waals surface area contributed by atoms with Crippen molar-refractivity contribution in [1.29, 1.82) is 0 Å². The van der Waals surface area contributed by atoms with Crippen molar-refractivity contribution in [3.8, 4) is 0 Å². The summed E-state index contributed by atoms with van der Waals surface area (Å²) in [6, 6.07) is 9.37. The summed E-state index contributed by atoms with van der Waals surface area (Å²) < 4.78 is 28.9. The van der Waals surface area contributed by atoms with Crippen molar-refractivity contribution in [3.63, 3.8) is 0 Å². The van der Waals surface area contributed by atoms with E-state index in [9.17, 15) is 9.36 Å². The molecule has 0 saturated carbocycles. The van der Waals surface area contributed by atoms with Gasteiger partial charge in [-0.3, -0.25) is 4.57 Å². The summed E-state index contributed by atoms with van der Waals surface area (Å²) in [7, 11) is -3.44. The summed E-state index contributed by atoms with van der Waals surface area (Å²) in [5, 5.41) is 2.65. The average Bonchev–Trinajstić information content (AvgIpc) is 2.53. The molecule has 7 heteroatoms. The zero-order valence-corrected chi connectivity index (χ0v) is 15.8. The molecule has 1 aromatic rings. The minimum atomic E-state index is -3.44. The fourth-order valence-electron chi connectivity index (χ4n) is 2.19. The monoisotopic (exact) mass is 357 g/mol. The van der Waals surface area contributed by atoms with Gasteiger partial charge in [0.05, 0.1) is 13.2 Å². The molecule has 0 aliphatic rings. The highest BCUT2D eigenvalue weighted by atomic mass is 31.2. The molecule has 0 heterocycles. The van der Waals surface area contributed by atoms with Crippen molar-refractivity contribution < 1.29 is 23.1 Å². The van der Waals surface area contributed by atoms with Gasteiger partial charge in [-0.1, -0.05) is 44.2 Å². The first kappa shape index (κ1) is 20.7. The van der Waals surface area contributed by atoms with E-state index in [4.69, 9.17) is 13.8 Å². The highest BCUT2D eigenvalue weighted by molar-refractivity contribution is 7.54. The summed E-state index contributed by atoms with van der Waals surface area (Å²) in [5.41, 5.74) is 0.880. The standard InChI is InChI=1S/C17H28NO5P/c1-5-22-24(20,23-6-2)16(12-14(3)4)18-17(19)21-13-15-10-8-7-9-11-15/h7-11,14,16H,5-6,12-13H2,1-4H3,(H,18,19). The van der Waals surface area contributed by atoms with Crippen molar-refractivity contribution in [2.75, 3.05) is 13.2 Å². The van der Waals surface area contributed by atoms with Crippen LogP contribution < -0.4 is 5.32 Å². The van der Waals surface area contributed by atoms with Crippen LogP contribution in [0.25, 0.3) is 0 Å². The SMILES string of the molecule is CCOP(=O)(OCC)C(CC(C)C)NC(=O)OCc1ccccc1. The second kappa shape index (κ2) is 10.5. The summed E-state index contributed by atoms with van der Waals surface area (Å²) in [5.74, 6) is -0.528. The van der Waals surface area contributed by atoms with E-state index in [0.29, 0.717) is 6.42 Å². The molecule has 6 nitrogen and oxygen atoms in total. The third kappa shape index (κ3) is 7.04. The van der Waals surface area contributed by atoms with Crippen LogP contribution in [-0.4, -0.2) is 25.1 Å². The van der Waals surface area contributed by atoms with E-state index in [1.54, 1.807) is 13.8 Å². The van der Waals surface area contributed by atoms with E-state index in [1.165, 1.54) is 0 Å². The molecule has 0 aromatic heterocycles. The third-order valence-electron chi connectivity index (χ3n) is 3.19. The minimum Gasteiger partial charge on any atom is -0.445 e. The van der Waals surface area contributed by atoms with Crippen molar-refractivity contribution in [2.24, 2.45) is 5.92 Å². The zero-order chi connectivity index (χ0) is 18.0. The fraction of sp³-hybridized carbons (Fsp3) is 0.588. The maximum atomic E-state index is 12.9. The number of hydrogen-bond acceptors (Lipinski definition) is 5. The number of ether oxygens (including phenoxy) is 1. The summed E-state index contributed by atoms with van der Waals surface area (Å²) in [4.78, 5) is 12.1. The minimum absolute atomic E-state index is 0.147. The summed E-state index contributed by atoms with van der Waals surface area (Å²) in [6.45, 7) is 8.07. The van der Waals surface area contributed by atoms with Crippen LogP contribution >= 0.6 is 7.60 Å². The number of amides is 1. The van der Waals surface area contributed by atoms with E-state index in [0.717, 1.165) is 5.56 Å². The lowest BCUT2D eigenvalue weighted by Gasteiger charge is -2.27. The zero-order valence-electron chi connectivity index (χ0n) is 14.9. The molecule has 0 saturated heterocycles. The Morgan fingerprint density at radius 2 is 1.71 bits per heavy atom. The maximum absolute atomic E-state index is 12.9. The second-order valence-electron chi connectivity index (χ2n) is 5.73. The fourth-order valence-corrected chi connectivity index (χ4v) is 4.29. The predicted octanol–water partition coefficient (Wildman–Crippen LogP) is 4.55. The molecule has 0 aliphatic carbocycles. The number of carbonyl (C=O) groups is 1. The number of benzene rings is 1. The first-order valence-electron chi connectivity index (χ1n) is 8.27. The Bertz CT molecular complexity index is 525. The van der Waals surface area contributed by atoms with Crippen LogP contribution in [0.4, 0.5) is 4.79 Å². The Labute approximate surface area is 144 Å². The Balaban J connectivity index is 2.73. The molecule has 1 atom stereocenters. The van der Waals surface area contributed by atoms with Gasteiger partial charge < -0.3 is 19.1 Å². The molecule has 1 amide bonds. The van der Waals surface area contributed by atoms with Crippen LogP contribution in [0, 0.1) is 5.92 Å². The molecule has 1 unspecified atom stereocenters. The van der Waals surface area contributed by atoms with Crippen molar-refractivity contribution >= 4 is 13.7 Å². The normalized spacial score (nSPS) is 12.9. The highest BCUT2D eigenvalue weighted by Crippen LogP contribution is 2.53. The Hall–Kier alpha value is -1.36. The lowest BCUT2D eigenvalue weighted by atomic mass is 10.1. The molecule has 0 fully saturated rings. The van der Waals surface area contributed by atoms with E-state index in [2.05, 4.69) is 5.32 Å². The summed E-state index contributed by atoms with van der Waals surface area (Å²) in [6.07, 6.45) is -0.165. The van der Waals surface area contributed by atoms with E-state index in [1.807, 2.05) is 44.2 Å². The van der Waals surface area contributed by atoms with E-state index in [-0.39, 0.29) is 25.7 Å². The Kier molecular flexibility index (Phi) is 9.04. The molecule has 136 valence electrons. The van der Waals surface area contributed by atoms with Gasteiger partial charge in [0.25, 0.3) is 0 Å². The van der Waals surface area contributed by atoms with Crippen molar-refractivity contribution in [3.05, 3.63) is 35.9 Å². The van der Waals surface area contributed by atoms with Gasteiger partial charge in [0, 0.05) is 0 Å². The molecule has 0 bridgehead atoms.